The first-order valence-corrected chi connectivity index (χ1v) is 6.45. The molecule has 1 N–H and O–H groups in total. The van der Waals surface area contributed by atoms with E-state index in [1.54, 1.807) is 19.3 Å². The number of aliphatic hydroxyl groups is 1. The highest BCUT2D eigenvalue weighted by atomic mass is 79.9. The Kier molecular flexibility index (Phi) is 4.33. The van der Waals surface area contributed by atoms with Gasteiger partial charge in [0.2, 0.25) is 0 Å². The Hall–Kier alpha value is -1.39. The topological polar surface area (TPSA) is 42.4 Å². The first-order chi connectivity index (χ1) is 8.66. The van der Waals surface area contributed by atoms with Crippen LogP contribution in [-0.4, -0.2) is 10.1 Å². The number of pyridine rings is 1. The first-order valence-electron chi connectivity index (χ1n) is 5.66. The van der Waals surface area contributed by atoms with Gasteiger partial charge in [0.05, 0.1) is 6.10 Å². The number of hydrogen-bond donors (Lipinski definition) is 1. The second kappa shape index (κ2) is 5.98. The molecule has 0 unspecified atom stereocenters. The Morgan fingerprint density at radius 2 is 2.00 bits per heavy atom. The van der Waals surface area contributed by atoms with Crippen LogP contribution in [0.2, 0.25) is 0 Å². The molecule has 1 aromatic carbocycles. The predicted molar refractivity (Wildman–Crippen MR) is 73.3 cm³/mol. The van der Waals surface area contributed by atoms with Gasteiger partial charge < -0.3 is 9.84 Å². The molecule has 0 aliphatic rings. The van der Waals surface area contributed by atoms with Crippen LogP contribution in [0.5, 0.6) is 5.75 Å². The zero-order valence-electron chi connectivity index (χ0n) is 10.0. The summed E-state index contributed by atoms with van der Waals surface area (Å²) in [6.45, 7) is 2.19. The molecule has 0 amide bonds. The summed E-state index contributed by atoms with van der Waals surface area (Å²) >= 11 is 3.39. The molecular formula is C14H14BrNO2. The molecule has 0 spiro atoms. The minimum absolute atomic E-state index is 0.462. The maximum atomic E-state index is 9.72. The SMILES string of the molecule is C[C@H](O)c1cc(Br)ccc1OCc1ccncc1. The second-order valence-corrected chi connectivity index (χ2v) is 4.92. The lowest BCUT2D eigenvalue weighted by atomic mass is 10.1. The summed E-state index contributed by atoms with van der Waals surface area (Å²) in [4.78, 5) is 3.96. The molecular weight excluding hydrogens is 294 g/mol. The molecule has 1 heterocycles. The van der Waals surface area contributed by atoms with Gasteiger partial charge in [-0.15, -0.1) is 0 Å². The van der Waals surface area contributed by atoms with E-state index in [2.05, 4.69) is 20.9 Å². The molecule has 94 valence electrons. The Bertz CT molecular complexity index is 514. The number of aromatic nitrogens is 1. The average molecular weight is 308 g/mol. The summed E-state index contributed by atoms with van der Waals surface area (Å²) in [6.07, 6.45) is 2.90. The summed E-state index contributed by atoms with van der Waals surface area (Å²) in [5, 5.41) is 9.72. The van der Waals surface area contributed by atoms with E-state index in [1.165, 1.54) is 0 Å². The van der Waals surface area contributed by atoms with Crippen LogP contribution in [0.4, 0.5) is 0 Å². The van der Waals surface area contributed by atoms with Crippen LogP contribution in [0.25, 0.3) is 0 Å². The summed E-state index contributed by atoms with van der Waals surface area (Å²) in [5.41, 5.74) is 1.82. The van der Waals surface area contributed by atoms with E-state index in [4.69, 9.17) is 4.74 Å². The molecule has 0 radical (unpaired) electrons. The van der Waals surface area contributed by atoms with E-state index in [-0.39, 0.29) is 0 Å². The van der Waals surface area contributed by atoms with Gasteiger partial charge in [0.25, 0.3) is 0 Å². The number of nitrogens with zero attached hydrogens (tertiary/aromatic N) is 1. The summed E-state index contributed by atoms with van der Waals surface area (Å²) in [7, 11) is 0. The number of benzene rings is 1. The zero-order valence-corrected chi connectivity index (χ0v) is 11.6. The lowest BCUT2D eigenvalue weighted by molar-refractivity contribution is 0.190. The largest absolute Gasteiger partial charge is 0.489 e. The summed E-state index contributed by atoms with van der Waals surface area (Å²) in [5.74, 6) is 0.699. The van der Waals surface area contributed by atoms with E-state index in [9.17, 15) is 5.11 Å². The quantitative estimate of drug-likeness (QED) is 0.940. The fourth-order valence-corrected chi connectivity index (χ4v) is 2.00. The van der Waals surface area contributed by atoms with Gasteiger partial charge in [0, 0.05) is 22.4 Å². The molecule has 0 aliphatic heterocycles. The fourth-order valence-electron chi connectivity index (χ4n) is 1.62. The fraction of sp³-hybridized carbons (Fsp3) is 0.214. The molecule has 0 saturated carbocycles. The van der Waals surface area contributed by atoms with Gasteiger partial charge in [-0.1, -0.05) is 15.9 Å². The third kappa shape index (κ3) is 3.31. The average Bonchev–Trinajstić information content (AvgIpc) is 2.38. The Morgan fingerprint density at radius 3 is 2.67 bits per heavy atom. The van der Waals surface area contributed by atoms with Gasteiger partial charge in [-0.25, -0.2) is 0 Å². The van der Waals surface area contributed by atoms with Crippen LogP contribution in [0.15, 0.2) is 47.2 Å². The number of aliphatic hydroxyl groups excluding tert-OH is 1. The third-order valence-corrected chi connectivity index (χ3v) is 3.06. The standard InChI is InChI=1S/C14H14BrNO2/c1-10(17)13-8-12(15)2-3-14(13)18-9-11-4-6-16-7-5-11/h2-8,10,17H,9H2,1H3/t10-/m0/s1. The lowest BCUT2D eigenvalue weighted by Gasteiger charge is -2.13. The van der Waals surface area contributed by atoms with Crippen molar-refractivity contribution >= 4 is 15.9 Å². The zero-order chi connectivity index (χ0) is 13.0. The second-order valence-electron chi connectivity index (χ2n) is 4.00. The van der Waals surface area contributed by atoms with E-state index in [0.29, 0.717) is 12.4 Å². The van der Waals surface area contributed by atoms with Crippen LogP contribution in [-0.2, 0) is 6.61 Å². The van der Waals surface area contributed by atoms with Crippen LogP contribution in [0.3, 0.4) is 0 Å². The molecule has 1 aromatic heterocycles. The highest BCUT2D eigenvalue weighted by Gasteiger charge is 2.09. The molecule has 2 rings (SSSR count). The van der Waals surface area contributed by atoms with Crippen molar-refractivity contribution in [1.29, 1.82) is 0 Å². The molecule has 4 heteroatoms. The molecule has 2 aromatic rings. The van der Waals surface area contributed by atoms with Crippen molar-refractivity contribution in [2.24, 2.45) is 0 Å². The summed E-state index contributed by atoms with van der Waals surface area (Å²) in [6, 6.07) is 9.43. The molecule has 0 aliphatic carbocycles. The number of ether oxygens (including phenoxy) is 1. The van der Waals surface area contributed by atoms with Gasteiger partial charge in [0.15, 0.2) is 0 Å². The van der Waals surface area contributed by atoms with Gasteiger partial charge in [0.1, 0.15) is 12.4 Å². The van der Waals surface area contributed by atoms with Crippen molar-refractivity contribution < 1.29 is 9.84 Å². The van der Waals surface area contributed by atoms with E-state index < -0.39 is 6.10 Å². The summed E-state index contributed by atoms with van der Waals surface area (Å²) < 4.78 is 6.66. The van der Waals surface area contributed by atoms with E-state index >= 15 is 0 Å². The van der Waals surface area contributed by atoms with Crippen LogP contribution in [0, 0.1) is 0 Å². The van der Waals surface area contributed by atoms with E-state index in [0.717, 1.165) is 15.6 Å². The van der Waals surface area contributed by atoms with Crippen molar-refractivity contribution in [3.8, 4) is 5.75 Å². The normalized spacial score (nSPS) is 12.2. The van der Waals surface area contributed by atoms with Crippen LogP contribution >= 0.6 is 15.9 Å². The Balaban J connectivity index is 2.14. The lowest BCUT2D eigenvalue weighted by Crippen LogP contribution is -2.01. The molecule has 18 heavy (non-hydrogen) atoms. The predicted octanol–water partition coefficient (Wildman–Crippen LogP) is 3.48. The molecule has 0 fully saturated rings. The molecule has 3 nitrogen and oxygen atoms in total. The van der Waals surface area contributed by atoms with Crippen molar-refractivity contribution in [2.45, 2.75) is 19.6 Å². The molecule has 1 atom stereocenters. The third-order valence-electron chi connectivity index (χ3n) is 2.57. The maximum absolute atomic E-state index is 9.72. The smallest absolute Gasteiger partial charge is 0.125 e. The van der Waals surface area contributed by atoms with Crippen LogP contribution < -0.4 is 4.74 Å². The number of halogens is 1. The monoisotopic (exact) mass is 307 g/mol. The van der Waals surface area contributed by atoms with Crippen molar-refractivity contribution in [3.05, 3.63) is 58.3 Å². The number of hydrogen-bond acceptors (Lipinski definition) is 3. The highest BCUT2D eigenvalue weighted by molar-refractivity contribution is 9.10. The van der Waals surface area contributed by atoms with Gasteiger partial charge in [-0.2, -0.15) is 0 Å². The first kappa shape index (κ1) is 13.1. The minimum atomic E-state index is -0.560. The van der Waals surface area contributed by atoms with Crippen molar-refractivity contribution in [2.75, 3.05) is 0 Å². The van der Waals surface area contributed by atoms with Crippen molar-refractivity contribution in [3.63, 3.8) is 0 Å². The molecule has 0 saturated heterocycles. The maximum Gasteiger partial charge on any atom is 0.125 e. The minimum Gasteiger partial charge on any atom is -0.489 e. The Labute approximate surface area is 115 Å². The van der Waals surface area contributed by atoms with Crippen molar-refractivity contribution in [1.82, 2.24) is 4.98 Å². The highest BCUT2D eigenvalue weighted by Crippen LogP contribution is 2.29. The van der Waals surface area contributed by atoms with Gasteiger partial charge >= 0.3 is 0 Å². The van der Waals surface area contributed by atoms with Crippen LogP contribution in [0.1, 0.15) is 24.2 Å². The van der Waals surface area contributed by atoms with E-state index in [1.807, 2.05) is 30.3 Å². The Morgan fingerprint density at radius 1 is 1.28 bits per heavy atom. The van der Waals surface area contributed by atoms with Gasteiger partial charge in [-0.3, -0.25) is 4.98 Å². The molecule has 0 bridgehead atoms. The van der Waals surface area contributed by atoms with Gasteiger partial charge in [-0.05, 0) is 42.8 Å². The number of rotatable bonds is 4.